The van der Waals surface area contributed by atoms with Crippen LogP contribution < -0.4 is 0 Å². The molecule has 0 radical (unpaired) electrons. The smallest absolute Gasteiger partial charge is 0.395 e. The Labute approximate surface area is 155 Å². The summed E-state index contributed by atoms with van der Waals surface area (Å²) in [6, 6.07) is 13.3. The highest BCUT2D eigenvalue weighted by Gasteiger charge is 2.41. The molecule has 0 fully saturated rings. The SMILES string of the molecule is O=C1OC(OP(=O)(I)OC2OC(=O)c3ccccc32)c2ccccc21. The van der Waals surface area contributed by atoms with Crippen LogP contribution in [0.1, 0.15) is 44.4 Å². The molecule has 2 aliphatic heterocycles. The zero-order valence-electron chi connectivity index (χ0n) is 12.5. The molecule has 2 aromatic carbocycles. The quantitative estimate of drug-likeness (QED) is 0.373. The van der Waals surface area contributed by atoms with Crippen LogP contribution in [0.4, 0.5) is 0 Å². The summed E-state index contributed by atoms with van der Waals surface area (Å²) in [7, 11) is 0. The normalized spacial score (nSPS) is 23.4. The molecule has 2 heterocycles. The van der Waals surface area contributed by atoms with Gasteiger partial charge in [-0.25, -0.2) is 14.2 Å². The monoisotopic (exact) mass is 472 g/mol. The minimum absolute atomic E-state index is 0.349. The molecule has 2 atom stereocenters. The van der Waals surface area contributed by atoms with Gasteiger partial charge in [0.2, 0.25) is 12.6 Å². The lowest BCUT2D eigenvalue weighted by Crippen LogP contribution is -2.06. The number of benzene rings is 2. The highest BCUT2D eigenvalue weighted by molar-refractivity contribution is 14.2. The van der Waals surface area contributed by atoms with Crippen molar-refractivity contribution in [2.24, 2.45) is 0 Å². The summed E-state index contributed by atoms with van der Waals surface area (Å²) >= 11 is 1.50. The zero-order chi connectivity index (χ0) is 17.6. The molecule has 4 rings (SSSR count). The van der Waals surface area contributed by atoms with E-state index in [2.05, 4.69) is 0 Å². The second-order valence-corrected chi connectivity index (χ2v) is 10.1. The number of rotatable bonds is 4. The van der Waals surface area contributed by atoms with Gasteiger partial charge in [0.1, 0.15) is 0 Å². The molecule has 2 aromatic rings. The lowest BCUT2D eigenvalue weighted by Gasteiger charge is -2.20. The molecule has 0 bridgehead atoms. The van der Waals surface area contributed by atoms with Crippen molar-refractivity contribution in [1.29, 1.82) is 0 Å². The van der Waals surface area contributed by atoms with Crippen molar-refractivity contribution in [3.8, 4) is 0 Å². The van der Waals surface area contributed by atoms with Gasteiger partial charge in [-0.05, 0) is 12.1 Å². The first-order valence-corrected chi connectivity index (χ1v) is 11.5. The fourth-order valence-electron chi connectivity index (χ4n) is 2.64. The maximum Gasteiger partial charge on any atom is 0.395 e. The van der Waals surface area contributed by atoms with Crippen LogP contribution in [0.15, 0.2) is 48.5 Å². The van der Waals surface area contributed by atoms with Crippen molar-refractivity contribution in [2.75, 3.05) is 0 Å². The van der Waals surface area contributed by atoms with Crippen molar-refractivity contribution < 1.29 is 32.7 Å². The number of halogens is 1. The molecule has 0 aliphatic carbocycles. The van der Waals surface area contributed by atoms with Gasteiger partial charge in [0.15, 0.2) is 0 Å². The number of carbonyl (C=O) groups excluding carboxylic acids is 2. The maximum absolute atomic E-state index is 12.7. The Balaban J connectivity index is 1.53. The first-order valence-electron chi connectivity index (χ1n) is 7.21. The fraction of sp³-hybridized carbons (Fsp3) is 0.125. The highest BCUT2D eigenvalue weighted by atomic mass is 127. The second-order valence-electron chi connectivity index (χ2n) is 5.29. The van der Waals surface area contributed by atoms with E-state index in [0.29, 0.717) is 22.3 Å². The minimum atomic E-state index is -3.74. The van der Waals surface area contributed by atoms with Crippen LogP contribution in [0.3, 0.4) is 0 Å². The lowest BCUT2D eigenvalue weighted by atomic mass is 10.1. The van der Waals surface area contributed by atoms with E-state index in [4.69, 9.17) is 18.5 Å². The Kier molecular flexibility index (Phi) is 4.15. The van der Waals surface area contributed by atoms with Crippen LogP contribution in [-0.2, 0) is 23.1 Å². The molecule has 0 spiro atoms. The molecule has 2 aliphatic rings. The first-order chi connectivity index (χ1) is 11.9. The van der Waals surface area contributed by atoms with E-state index < -0.39 is 29.8 Å². The molecular formula is C16H10IO7P. The first kappa shape index (κ1) is 16.7. The summed E-state index contributed by atoms with van der Waals surface area (Å²) in [5.41, 5.74) is 1.64. The van der Waals surface area contributed by atoms with E-state index in [1.807, 2.05) is 0 Å². The van der Waals surface area contributed by atoms with E-state index in [-0.39, 0.29) is 0 Å². The van der Waals surface area contributed by atoms with Crippen molar-refractivity contribution in [2.45, 2.75) is 12.6 Å². The van der Waals surface area contributed by atoms with Crippen LogP contribution in [0, 0.1) is 0 Å². The molecular weight excluding hydrogens is 462 g/mol. The van der Waals surface area contributed by atoms with Crippen LogP contribution in [-0.4, -0.2) is 11.9 Å². The summed E-state index contributed by atoms with van der Waals surface area (Å²) in [5.74, 6) is -1.12. The number of esters is 2. The van der Waals surface area contributed by atoms with E-state index in [1.54, 1.807) is 48.5 Å². The Bertz CT molecular complexity index is 857. The van der Waals surface area contributed by atoms with Crippen LogP contribution >= 0.6 is 27.3 Å². The molecule has 2 unspecified atom stereocenters. The van der Waals surface area contributed by atoms with Gasteiger partial charge in [-0.15, -0.1) is 0 Å². The van der Waals surface area contributed by atoms with Gasteiger partial charge >= 0.3 is 17.2 Å². The molecule has 0 saturated heterocycles. The third-order valence-corrected chi connectivity index (χ3v) is 5.99. The van der Waals surface area contributed by atoms with E-state index in [0.717, 1.165) is 0 Å². The van der Waals surface area contributed by atoms with Gasteiger partial charge in [0.25, 0.3) is 0 Å². The zero-order valence-corrected chi connectivity index (χ0v) is 15.5. The molecule has 25 heavy (non-hydrogen) atoms. The number of hydrogen-bond acceptors (Lipinski definition) is 7. The van der Waals surface area contributed by atoms with Crippen LogP contribution in [0.25, 0.3) is 0 Å². The standard InChI is InChI=1S/C16H10IO7P/c17-25(20,23-15-11-7-3-1-5-9(11)13(18)21-15)24-16-12-8-4-2-6-10(12)14(19)22-16/h1-8,15-16H. The van der Waals surface area contributed by atoms with Crippen LogP contribution in [0.5, 0.6) is 0 Å². The highest BCUT2D eigenvalue weighted by Crippen LogP contribution is 2.63. The summed E-state index contributed by atoms with van der Waals surface area (Å²) in [6.45, 7) is 0. The fourth-order valence-corrected chi connectivity index (χ4v) is 4.70. The number of ether oxygens (including phenoxy) is 2. The average Bonchev–Trinajstić information content (AvgIpc) is 3.06. The van der Waals surface area contributed by atoms with E-state index in [9.17, 15) is 14.2 Å². The summed E-state index contributed by atoms with van der Waals surface area (Å²) < 4.78 is 33.7. The van der Waals surface area contributed by atoms with Crippen molar-refractivity contribution in [1.82, 2.24) is 0 Å². The van der Waals surface area contributed by atoms with Gasteiger partial charge in [-0.3, -0.25) is 9.05 Å². The van der Waals surface area contributed by atoms with Gasteiger partial charge in [-0.1, -0.05) is 36.4 Å². The number of cyclic esters (lactones) is 2. The summed E-state index contributed by atoms with van der Waals surface area (Å²) in [6.07, 6.45) is -2.28. The van der Waals surface area contributed by atoms with Crippen LogP contribution in [0.2, 0.25) is 0 Å². The Morgan fingerprint density at radius 3 is 1.64 bits per heavy atom. The molecule has 9 heteroatoms. The molecule has 128 valence electrons. The van der Waals surface area contributed by atoms with Crippen molar-refractivity contribution >= 4 is 39.2 Å². The van der Waals surface area contributed by atoms with Gasteiger partial charge in [0, 0.05) is 11.1 Å². The lowest BCUT2D eigenvalue weighted by molar-refractivity contribution is -0.0699. The molecule has 7 nitrogen and oxygen atoms in total. The Morgan fingerprint density at radius 1 is 0.800 bits per heavy atom. The van der Waals surface area contributed by atoms with Crippen molar-refractivity contribution in [3.63, 3.8) is 0 Å². The third kappa shape index (κ3) is 3.10. The summed E-state index contributed by atoms with van der Waals surface area (Å²) in [4.78, 5) is 23.6. The molecule has 0 amide bonds. The number of hydrogen-bond donors (Lipinski definition) is 0. The van der Waals surface area contributed by atoms with Crippen molar-refractivity contribution in [3.05, 3.63) is 70.8 Å². The summed E-state index contributed by atoms with van der Waals surface area (Å²) in [5, 5.41) is -3.74. The Morgan fingerprint density at radius 2 is 1.20 bits per heavy atom. The average molecular weight is 472 g/mol. The number of fused-ring (bicyclic) bond motifs is 2. The van der Waals surface area contributed by atoms with Gasteiger partial charge in [-0.2, -0.15) is 0 Å². The van der Waals surface area contributed by atoms with Gasteiger partial charge < -0.3 is 9.47 Å². The predicted octanol–water partition coefficient (Wildman–Crippen LogP) is 4.30. The van der Waals surface area contributed by atoms with E-state index in [1.165, 1.54) is 22.0 Å². The predicted molar refractivity (Wildman–Crippen MR) is 93.0 cm³/mol. The Hall–Kier alpha value is -1.74. The number of carbonyl (C=O) groups is 2. The van der Waals surface area contributed by atoms with E-state index >= 15 is 0 Å². The van der Waals surface area contributed by atoms with Gasteiger partial charge in [0.05, 0.1) is 33.2 Å². The molecule has 0 N–H and O–H groups in total. The molecule has 0 saturated carbocycles. The largest absolute Gasteiger partial charge is 0.427 e. The minimum Gasteiger partial charge on any atom is -0.427 e. The topological polar surface area (TPSA) is 88.1 Å². The maximum atomic E-state index is 12.7. The third-order valence-electron chi connectivity index (χ3n) is 3.74. The second kappa shape index (κ2) is 6.21. The molecule has 0 aromatic heterocycles.